The Morgan fingerprint density at radius 1 is 1.27 bits per heavy atom. The second kappa shape index (κ2) is 6.71. The van der Waals surface area contributed by atoms with Crippen LogP contribution in [0.2, 0.25) is 5.02 Å². The Bertz CT molecular complexity index is 613. The number of likely N-dealkylation sites (tertiary alicyclic amines) is 1. The summed E-state index contributed by atoms with van der Waals surface area (Å²) in [7, 11) is 0. The van der Waals surface area contributed by atoms with Crippen LogP contribution in [-0.4, -0.2) is 29.0 Å². The Hall–Kier alpha value is -1.52. The highest BCUT2D eigenvalue weighted by Gasteiger charge is 2.21. The molecule has 3 rings (SSSR count). The lowest BCUT2D eigenvalue weighted by Gasteiger charge is -2.32. The molecule has 0 amide bonds. The monoisotopic (exact) mass is 319 g/mol. The molecule has 1 aromatic carbocycles. The molecule has 2 aromatic rings. The fraction of sp³-hybridized carbons (Fsp3) is 0.471. The third kappa shape index (κ3) is 3.62. The minimum Gasteiger partial charge on any atom is -0.444 e. The van der Waals surface area contributed by atoms with E-state index in [2.05, 4.69) is 15.2 Å². The fourth-order valence-electron chi connectivity index (χ4n) is 2.83. The first-order chi connectivity index (χ1) is 10.6. The van der Waals surface area contributed by atoms with E-state index in [1.807, 2.05) is 38.1 Å². The van der Waals surface area contributed by atoms with Gasteiger partial charge >= 0.3 is 0 Å². The molecule has 1 aromatic heterocycles. The molecule has 2 heterocycles. The molecule has 118 valence electrons. The van der Waals surface area contributed by atoms with Gasteiger partial charge in [-0.3, -0.25) is 4.90 Å². The lowest BCUT2D eigenvalue weighted by Crippen LogP contribution is -2.38. The fourth-order valence-corrected chi connectivity index (χ4v) is 3.02. The average Bonchev–Trinajstić information content (AvgIpc) is 2.82. The summed E-state index contributed by atoms with van der Waals surface area (Å²) in [4.78, 5) is 6.86. The number of nitrogens with one attached hydrogen (secondary N) is 1. The SMILES string of the molecule is Cc1nc(CN2CCC(Nc3ccccc3Cl)CC2)oc1C. The van der Waals surface area contributed by atoms with Gasteiger partial charge in [-0.1, -0.05) is 23.7 Å². The number of hydrogen-bond donors (Lipinski definition) is 1. The van der Waals surface area contributed by atoms with E-state index >= 15 is 0 Å². The molecule has 5 heteroatoms. The molecular formula is C17H22ClN3O. The van der Waals surface area contributed by atoms with E-state index in [-0.39, 0.29) is 0 Å². The van der Waals surface area contributed by atoms with Crippen molar-refractivity contribution in [2.75, 3.05) is 18.4 Å². The van der Waals surface area contributed by atoms with Crippen LogP contribution in [0.25, 0.3) is 0 Å². The van der Waals surface area contributed by atoms with Crippen LogP contribution in [0.5, 0.6) is 0 Å². The van der Waals surface area contributed by atoms with Gasteiger partial charge in [-0.05, 0) is 38.8 Å². The molecule has 1 aliphatic heterocycles. The smallest absolute Gasteiger partial charge is 0.208 e. The summed E-state index contributed by atoms with van der Waals surface area (Å²) in [6, 6.07) is 8.40. The Kier molecular flexibility index (Phi) is 4.69. The maximum absolute atomic E-state index is 6.20. The molecule has 0 unspecified atom stereocenters. The number of para-hydroxylation sites is 1. The number of rotatable bonds is 4. The van der Waals surface area contributed by atoms with Gasteiger partial charge in [0, 0.05) is 19.1 Å². The van der Waals surface area contributed by atoms with Gasteiger partial charge in [0.2, 0.25) is 5.89 Å². The molecule has 0 radical (unpaired) electrons. The predicted molar refractivity (Wildman–Crippen MR) is 89.4 cm³/mol. The molecule has 1 saturated heterocycles. The van der Waals surface area contributed by atoms with Crippen molar-refractivity contribution in [3.63, 3.8) is 0 Å². The zero-order valence-corrected chi connectivity index (χ0v) is 13.9. The van der Waals surface area contributed by atoms with Gasteiger partial charge in [0.25, 0.3) is 0 Å². The largest absolute Gasteiger partial charge is 0.444 e. The molecule has 0 atom stereocenters. The first-order valence-corrected chi connectivity index (χ1v) is 8.16. The summed E-state index contributed by atoms with van der Waals surface area (Å²) >= 11 is 6.20. The van der Waals surface area contributed by atoms with E-state index in [0.29, 0.717) is 6.04 Å². The topological polar surface area (TPSA) is 41.3 Å². The number of halogens is 1. The summed E-state index contributed by atoms with van der Waals surface area (Å²) < 4.78 is 5.67. The third-order valence-corrected chi connectivity index (χ3v) is 4.58. The van der Waals surface area contributed by atoms with E-state index in [1.165, 1.54) is 0 Å². The Morgan fingerprint density at radius 3 is 2.64 bits per heavy atom. The molecule has 4 nitrogen and oxygen atoms in total. The van der Waals surface area contributed by atoms with Crippen molar-refractivity contribution < 1.29 is 4.42 Å². The molecule has 0 spiro atoms. The summed E-state index contributed by atoms with van der Waals surface area (Å²) in [6.45, 7) is 6.84. The highest BCUT2D eigenvalue weighted by Crippen LogP contribution is 2.24. The van der Waals surface area contributed by atoms with Crippen molar-refractivity contribution in [3.8, 4) is 0 Å². The van der Waals surface area contributed by atoms with Crippen LogP contribution in [0.3, 0.4) is 0 Å². The predicted octanol–water partition coefficient (Wildman–Crippen LogP) is 4.02. The number of benzene rings is 1. The maximum atomic E-state index is 6.20. The quantitative estimate of drug-likeness (QED) is 0.924. The second-order valence-corrected chi connectivity index (χ2v) is 6.33. The van der Waals surface area contributed by atoms with Crippen LogP contribution in [0.1, 0.15) is 30.2 Å². The third-order valence-electron chi connectivity index (χ3n) is 4.25. The van der Waals surface area contributed by atoms with Gasteiger partial charge < -0.3 is 9.73 Å². The number of hydrogen-bond acceptors (Lipinski definition) is 4. The van der Waals surface area contributed by atoms with Gasteiger partial charge in [0.05, 0.1) is 22.9 Å². The van der Waals surface area contributed by atoms with Crippen molar-refractivity contribution in [1.82, 2.24) is 9.88 Å². The summed E-state index contributed by atoms with van der Waals surface area (Å²) in [5.41, 5.74) is 2.02. The van der Waals surface area contributed by atoms with Crippen LogP contribution >= 0.6 is 11.6 Å². The van der Waals surface area contributed by atoms with Gasteiger partial charge in [0.1, 0.15) is 5.76 Å². The van der Waals surface area contributed by atoms with Crippen LogP contribution in [0, 0.1) is 13.8 Å². The number of anilines is 1. The molecule has 1 N–H and O–H groups in total. The van der Waals surface area contributed by atoms with Crippen LogP contribution in [0.15, 0.2) is 28.7 Å². The van der Waals surface area contributed by atoms with Gasteiger partial charge in [-0.25, -0.2) is 4.98 Å². The van der Waals surface area contributed by atoms with E-state index in [9.17, 15) is 0 Å². The van der Waals surface area contributed by atoms with E-state index in [0.717, 1.165) is 60.5 Å². The van der Waals surface area contributed by atoms with Gasteiger partial charge in [-0.15, -0.1) is 0 Å². The second-order valence-electron chi connectivity index (χ2n) is 5.92. The maximum Gasteiger partial charge on any atom is 0.208 e. The van der Waals surface area contributed by atoms with Crippen LogP contribution < -0.4 is 5.32 Å². The number of oxazole rings is 1. The molecule has 0 saturated carbocycles. The molecule has 22 heavy (non-hydrogen) atoms. The first kappa shape index (κ1) is 15.4. The number of aryl methyl sites for hydroxylation is 2. The van der Waals surface area contributed by atoms with Gasteiger partial charge in [0.15, 0.2) is 0 Å². The average molecular weight is 320 g/mol. The standard InChI is InChI=1S/C17H22ClN3O/c1-12-13(2)22-17(19-12)11-21-9-7-14(8-10-21)20-16-6-4-3-5-15(16)18/h3-6,14,20H,7-11H2,1-2H3. The van der Waals surface area contributed by atoms with Crippen LogP contribution in [0.4, 0.5) is 5.69 Å². The van der Waals surface area contributed by atoms with Crippen molar-refractivity contribution in [2.24, 2.45) is 0 Å². The Morgan fingerprint density at radius 2 is 2.00 bits per heavy atom. The molecule has 1 aliphatic rings. The number of piperidine rings is 1. The van der Waals surface area contributed by atoms with E-state index < -0.39 is 0 Å². The summed E-state index contributed by atoms with van der Waals surface area (Å²) in [6.07, 6.45) is 2.20. The lowest BCUT2D eigenvalue weighted by molar-refractivity contribution is 0.192. The first-order valence-electron chi connectivity index (χ1n) is 7.78. The Balaban J connectivity index is 1.51. The minimum absolute atomic E-state index is 0.476. The van der Waals surface area contributed by atoms with Crippen molar-refractivity contribution in [3.05, 3.63) is 46.6 Å². The van der Waals surface area contributed by atoms with Crippen molar-refractivity contribution in [1.29, 1.82) is 0 Å². The van der Waals surface area contributed by atoms with Gasteiger partial charge in [-0.2, -0.15) is 0 Å². The molecule has 0 bridgehead atoms. The minimum atomic E-state index is 0.476. The molecule has 1 fully saturated rings. The molecular weight excluding hydrogens is 298 g/mol. The van der Waals surface area contributed by atoms with Crippen molar-refractivity contribution >= 4 is 17.3 Å². The number of nitrogens with zero attached hydrogens (tertiary/aromatic N) is 2. The summed E-state index contributed by atoms with van der Waals surface area (Å²) in [5, 5.41) is 4.34. The van der Waals surface area contributed by atoms with Crippen LogP contribution in [-0.2, 0) is 6.54 Å². The molecule has 0 aliphatic carbocycles. The Labute approximate surface area is 136 Å². The normalized spacial score (nSPS) is 16.9. The zero-order chi connectivity index (χ0) is 15.5. The number of aromatic nitrogens is 1. The highest BCUT2D eigenvalue weighted by molar-refractivity contribution is 6.33. The van der Waals surface area contributed by atoms with Crippen molar-refractivity contribution in [2.45, 2.75) is 39.3 Å². The lowest BCUT2D eigenvalue weighted by atomic mass is 10.0. The van der Waals surface area contributed by atoms with E-state index in [1.54, 1.807) is 0 Å². The zero-order valence-electron chi connectivity index (χ0n) is 13.1. The highest BCUT2D eigenvalue weighted by atomic mass is 35.5. The summed E-state index contributed by atoms with van der Waals surface area (Å²) in [5.74, 6) is 1.75. The van der Waals surface area contributed by atoms with E-state index in [4.69, 9.17) is 16.0 Å².